The Morgan fingerprint density at radius 3 is 2.95 bits per heavy atom. The van der Waals surface area contributed by atoms with E-state index in [2.05, 4.69) is 20.3 Å². The average Bonchev–Trinajstić information content (AvgIpc) is 3.15. The summed E-state index contributed by atoms with van der Waals surface area (Å²) in [4.78, 5) is 16.5. The normalized spacial score (nSPS) is 13.8. The summed E-state index contributed by atoms with van der Waals surface area (Å²) in [7, 11) is 0. The summed E-state index contributed by atoms with van der Waals surface area (Å²) < 4.78 is 3.14. The van der Waals surface area contributed by atoms with Crippen LogP contribution < -0.4 is 15.4 Å². The SMILES string of the molecule is CSNc1cccc(NC(=O)c2csc(NC3CC3)n2)c1. The number of carbonyl (C=O) groups excluding carboxylic acids is 1. The number of anilines is 3. The lowest BCUT2D eigenvalue weighted by Gasteiger charge is -2.06. The van der Waals surface area contributed by atoms with Crippen molar-refractivity contribution in [3.8, 4) is 0 Å². The molecule has 3 N–H and O–H groups in total. The van der Waals surface area contributed by atoms with Crippen molar-refractivity contribution in [2.24, 2.45) is 0 Å². The number of carbonyl (C=O) groups is 1. The maximum Gasteiger partial charge on any atom is 0.275 e. The molecular weight excluding hydrogens is 304 g/mol. The van der Waals surface area contributed by atoms with Gasteiger partial charge in [-0.25, -0.2) is 4.98 Å². The van der Waals surface area contributed by atoms with Crippen molar-refractivity contribution < 1.29 is 4.79 Å². The summed E-state index contributed by atoms with van der Waals surface area (Å²) >= 11 is 2.98. The third kappa shape index (κ3) is 3.89. The van der Waals surface area contributed by atoms with Crippen LogP contribution in [0, 0.1) is 0 Å². The van der Waals surface area contributed by atoms with Crippen LogP contribution in [-0.4, -0.2) is 23.2 Å². The highest BCUT2D eigenvalue weighted by Gasteiger charge is 2.22. The molecule has 1 aliphatic carbocycles. The van der Waals surface area contributed by atoms with Crippen LogP contribution in [0.5, 0.6) is 0 Å². The average molecular weight is 320 g/mol. The Morgan fingerprint density at radius 1 is 1.38 bits per heavy atom. The maximum absolute atomic E-state index is 12.2. The molecule has 1 amide bonds. The number of nitrogens with zero attached hydrogens (tertiary/aromatic N) is 1. The standard InChI is InChI=1S/C14H16N4OS2/c1-20-18-11-4-2-3-10(7-11)15-13(19)12-8-21-14(17-12)16-9-5-6-9/h2-4,7-9,18H,5-6H2,1H3,(H,15,19)(H,16,17). The number of amides is 1. The van der Waals surface area contributed by atoms with E-state index in [0.717, 1.165) is 16.5 Å². The van der Waals surface area contributed by atoms with Gasteiger partial charge in [-0.3, -0.25) is 4.79 Å². The molecule has 0 spiro atoms. The first-order chi connectivity index (χ1) is 10.2. The zero-order valence-corrected chi connectivity index (χ0v) is 13.2. The Morgan fingerprint density at radius 2 is 2.19 bits per heavy atom. The number of rotatable bonds is 6. The second kappa shape index (κ2) is 6.36. The van der Waals surface area contributed by atoms with Crippen molar-refractivity contribution >= 4 is 45.7 Å². The Labute approximate surface area is 131 Å². The van der Waals surface area contributed by atoms with Crippen LogP contribution in [-0.2, 0) is 0 Å². The smallest absolute Gasteiger partial charge is 0.275 e. The summed E-state index contributed by atoms with van der Waals surface area (Å²) in [5.74, 6) is -0.184. The number of benzene rings is 1. The highest BCUT2D eigenvalue weighted by Crippen LogP contribution is 2.27. The van der Waals surface area contributed by atoms with Gasteiger partial charge in [-0.05, 0) is 31.0 Å². The fourth-order valence-electron chi connectivity index (χ4n) is 1.82. The predicted molar refractivity (Wildman–Crippen MR) is 90.3 cm³/mol. The number of hydrogen-bond donors (Lipinski definition) is 3. The molecule has 0 saturated heterocycles. The molecule has 0 aliphatic heterocycles. The molecule has 1 fully saturated rings. The quantitative estimate of drug-likeness (QED) is 0.709. The van der Waals surface area contributed by atoms with Gasteiger partial charge in [0.25, 0.3) is 5.91 Å². The van der Waals surface area contributed by atoms with Gasteiger partial charge in [0.15, 0.2) is 5.13 Å². The third-order valence-electron chi connectivity index (χ3n) is 2.98. The van der Waals surface area contributed by atoms with Crippen LogP contribution in [0.4, 0.5) is 16.5 Å². The van der Waals surface area contributed by atoms with E-state index in [1.54, 1.807) is 5.38 Å². The molecule has 0 bridgehead atoms. The Balaban J connectivity index is 1.64. The molecule has 0 radical (unpaired) electrons. The third-order valence-corrected chi connectivity index (χ3v) is 4.20. The van der Waals surface area contributed by atoms with Gasteiger partial charge < -0.3 is 15.4 Å². The summed E-state index contributed by atoms with van der Waals surface area (Å²) in [6.07, 6.45) is 4.33. The molecule has 21 heavy (non-hydrogen) atoms. The fraction of sp³-hybridized carbons (Fsp3) is 0.286. The molecule has 5 nitrogen and oxygen atoms in total. The van der Waals surface area contributed by atoms with Crippen LogP contribution >= 0.6 is 23.3 Å². The van der Waals surface area contributed by atoms with E-state index in [9.17, 15) is 4.79 Å². The van der Waals surface area contributed by atoms with Crippen molar-refractivity contribution in [3.63, 3.8) is 0 Å². The number of nitrogens with one attached hydrogen (secondary N) is 3. The predicted octanol–water partition coefficient (Wildman–Crippen LogP) is 3.66. The minimum Gasteiger partial charge on any atom is -0.359 e. The van der Waals surface area contributed by atoms with Gasteiger partial charge in [-0.2, -0.15) is 0 Å². The van der Waals surface area contributed by atoms with E-state index >= 15 is 0 Å². The van der Waals surface area contributed by atoms with E-state index in [4.69, 9.17) is 0 Å². The summed E-state index contributed by atoms with van der Waals surface area (Å²) in [6, 6.07) is 8.15. The molecule has 1 heterocycles. The Hall–Kier alpha value is -1.73. The molecular formula is C14H16N4OS2. The van der Waals surface area contributed by atoms with Crippen molar-refractivity contribution in [1.29, 1.82) is 0 Å². The van der Waals surface area contributed by atoms with Crippen LogP contribution in [0.3, 0.4) is 0 Å². The lowest BCUT2D eigenvalue weighted by atomic mass is 10.3. The molecule has 2 aromatic rings. The molecule has 1 saturated carbocycles. The van der Waals surface area contributed by atoms with E-state index in [1.807, 2.05) is 30.5 Å². The van der Waals surface area contributed by atoms with Gasteiger partial charge >= 0.3 is 0 Å². The second-order valence-corrected chi connectivity index (χ2v) is 6.27. The van der Waals surface area contributed by atoms with Crippen LogP contribution in [0.15, 0.2) is 29.6 Å². The Bertz CT molecular complexity index is 639. The first-order valence-electron chi connectivity index (χ1n) is 6.67. The summed E-state index contributed by atoms with van der Waals surface area (Å²) in [5, 5.41) is 8.76. The highest BCUT2D eigenvalue weighted by molar-refractivity contribution is 7.99. The molecule has 0 atom stereocenters. The van der Waals surface area contributed by atoms with Gasteiger partial charge in [0, 0.05) is 29.1 Å². The minimum absolute atomic E-state index is 0.184. The molecule has 7 heteroatoms. The molecule has 0 unspecified atom stereocenters. The topological polar surface area (TPSA) is 66.0 Å². The van der Waals surface area contributed by atoms with Crippen molar-refractivity contribution in [1.82, 2.24) is 4.98 Å². The van der Waals surface area contributed by atoms with Crippen LogP contribution in [0.2, 0.25) is 0 Å². The number of thiazole rings is 1. The van der Waals surface area contributed by atoms with Gasteiger partial charge in [-0.1, -0.05) is 18.0 Å². The van der Waals surface area contributed by atoms with Crippen molar-refractivity contribution in [3.05, 3.63) is 35.3 Å². The molecule has 1 aromatic heterocycles. The summed E-state index contributed by atoms with van der Waals surface area (Å²) in [5.41, 5.74) is 2.16. The van der Waals surface area contributed by atoms with Crippen LogP contribution in [0.1, 0.15) is 23.3 Å². The summed E-state index contributed by atoms with van der Waals surface area (Å²) in [6.45, 7) is 0. The molecule has 3 rings (SSSR count). The van der Waals surface area contributed by atoms with Crippen LogP contribution in [0.25, 0.3) is 0 Å². The zero-order valence-electron chi connectivity index (χ0n) is 11.6. The molecule has 1 aliphatic rings. The van der Waals surface area contributed by atoms with Gasteiger partial charge in [0.2, 0.25) is 0 Å². The maximum atomic E-state index is 12.2. The largest absolute Gasteiger partial charge is 0.359 e. The van der Waals surface area contributed by atoms with Crippen molar-refractivity contribution in [2.45, 2.75) is 18.9 Å². The van der Waals surface area contributed by atoms with Gasteiger partial charge in [0.05, 0.1) is 0 Å². The van der Waals surface area contributed by atoms with Crippen molar-refractivity contribution in [2.75, 3.05) is 21.6 Å². The number of aromatic nitrogens is 1. The van der Waals surface area contributed by atoms with Gasteiger partial charge in [-0.15, -0.1) is 11.3 Å². The zero-order chi connectivity index (χ0) is 14.7. The van der Waals surface area contributed by atoms with E-state index < -0.39 is 0 Å². The fourth-order valence-corrected chi connectivity index (χ4v) is 2.95. The first-order valence-corrected chi connectivity index (χ1v) is 8.77. The monoisotopic (exact) mass is 320 g/mol. The Kier molecular flexibility index (Phi) is 4.31. The molecule has 1 aromatic carbocycles. The second-order valence-electron chi connectivity index (χ2n) is 4.80. The van der Waals surface area contributed by atoms with E-state index in [1.165, 1.54) is 36.1 Å². The lowest BCUT2D eigenvalue weighted by Crippen LogP contribution is -2.12. The number of hydrogen-bond acceptors (Lipinski definition) is 6. The van der Waals surface area contributed by atoms with Gasteiger partial charge in [0.1, 0.15) is 5.69 Å². The first kappa shape index (κ1) is 14.2. The van der Waals surface area contributed by atoms with E-state index in [-0.39, 0.29) is 5.91 Å². The highest BCUT2D eigenvalue weighted by atomic mass is 32.2. The van der Waals surface area contributed by atoms with E-state index in [0.29, 0.717) is 11.7 Å². The minimum atomic E-state index is -0.184. The molecule has 110 valence electrons. The lowest BCUT2D eigenvalue weighted by molar-refractivity contribution is 0.102.